The van der Waals surface area contributed by atoms with E-state index < -0.39 is 5.82 Å². The van der Waals surface area contributed by atoms with Crippen LogP contribution in [0.3, 0.4) is 0 Å². The van der Waals surface area contributed by atoms with Crippen molar-refractivity contribution in [2.45, 2.75) is 0 Å². The molecule has 5 nitrogen and oxygen atoms in total. The third kappa shape index (κ3) is 3.25. The summed E-state index contributed by atoms with van der Waals surface area (Å²) in [6, 6.07) is 7.00. The van der Waals surface area contributed by atoms with Crippen LogP contribution in [0.4, 0.5) is 4.39 Å². The van der Waals surface area contributed by atoms with Gasteiger partial charge in [-0.3, -0.25) is 4.79 Å². The summed E-state index contributed by atoms with van der Waals surface area (Å²) in [6.07, 6.45) is 0. The Balaban J connectivity index is 2.19. The van der Waals surface area contributed by atoms with Crippen LogP contribution in [0.15, 0.2) is 34.8 Å². The molecular formula is C12H9BrFN3O2. The molecule has 1 aromatic carbocycles. The number of aromatic nitrogens is 2. The van der Waals surface area contributed by atoms with Crippen molar-refractivity contribution in [3.8, 4) is 11.6 Å². The van der Waals surface area contributed by atoms with Gasteiger partial charge in [-0.25, -0.2) is 4.39 Å². The van der Waals surface area contributed by atoms with Crippen molar-refractivity contribution < 1.29 is 13.9 Å². The number of amides is 1. The first-order valence-corrected chi connectivity index (χ1v) is 6.08. The normalized spacial score (nSPS) is 10.1. The number of hydrogen-bond donors (Lipinski definition) is 1. The first kappa shape index (κ1) is 13.4. The van der Waals surface area contributed by atoms with E-state index in [-0.39, 0.29) is 23.2 Å². The topological polar surface area (TPSA) is 64.1 Å². The Labute approximate surface area is 116 Å². The Kier molecular flexibility index (Phi) is 4.06. The Morgan fingerprint density at radius 1 is 1.32 bits per heavy atom. The molecule has 0 spiro atoms. The lowest BCUT2D eigenvalue weighted by Crippen LogP contribution is -2.19. The van der Waals surface area contributed by atoms with E-state index in [0.29, 0.717) is 4.47 Å². The lowest BCUT2D eigenvalue weighted by atomic mass is 10.3. The van der Waals surface area contributed by atoms with Crippen LogP contribution in [-0.4, -0.2) is 23.2 Å². The van der Waals surface area contributed by atoms with E-state index in [1.807, 2.05) is 0 Å². The molecule has 0 radical (unpaired) electrons. The lowest BCUT2D eigenvalue weighted by Gasteiger charge is -2.06. The molecule has 0 bridgehead atoms. The van der Waals surface area contributed by atoms with Crippen LogP contribution in [0, 0.1) is 5.82 Å². The van der Waals surface area contributed by atoms with Gasteiger partial charge in [-0.2, -0.15) is 0 Å². The number of ether oxygens (including phenoxy) is 1. The third-order valence-electron chi connectivity index (χ3n) is 2.21. The van der Waals surface area contributed by atoms with E-state index >= 15 is 0 Å². The Morgan fingerprint density at radius 3 is 2.74 bits per heavy atom. The van der Waals surface area contributed by atoms with E-state index in [9.17, 15) is 9.18 Å². The zero-order chi connectivity index (χ0) is 13.8. The summed E-state index contributed by atoms with van der Waals surface area (Å²) in [4.78, 5) is 11.3. The quantitative estimate of drug-likeness (QED) is 0.941. The molecule has 98 valence electrons. The van der Waals surface area contributed by atoms with Gasteiger partial charge in [0.1, 0.15) is 11.6 Å². The van der Waals surface area contributed by atoms with Gasteiger partial charge in [-0.1, -0.05) is 0 Å². The molecule has 0 saturated carbocycles. The zero-order valence-corrected chi connectivity index (χ0v) is 11.4. The standard InChI is InChI=1S/C12H9BrFN3O2/c1-15-12(18)9-4-5-11(17-16-9)19-10-6-7(14)2-3-8(10)13/h2-6H,1H3,(H,15,18). The van der Waals surface area contributed by atoms with Crippen LogP contribution in [-0.2, 0) is 0 Å². The van der Waals surface area contributed by atoms with Crippen LogP contribution in [0.2, 0.25) is 0 Å². The smallest absolute Gasteiger partial charge is 0.271 e. The summed E-state index contributed by atoms with van der Waals surface area (Å²) in [7, 11) is 1.50. The van der Waals surface area contributed by atoms with Crippen molar-refractivity contribution >= 4 is 21.8 Å². The molecule has 0 aliphatic carbocycles. The van der Waals surface area contributed by atoms with Crippen LogP contribution < -0.4 is 10.1 Å². The van der Waals surface area contributed by atoms with Gasteiger partial charge in [-0.15, -0.1) is 10.2 Å². The Bertz CT molecular complexity index is 604. The lowest BCUT2D eigenvalue weighted by molar-refractivity contribution is 0.0957. The van der Waals surface area contributed by atoms with Gasteiger partial charge in [0.15, 0.2) is 5.69 Å². The summed E-state index contributed by atoms with van der Waals surface area (Å²) in [6.45, 7) is 0. The van der Waals surface area contributed by atoms with Crippen LogP contribution >= 0.6 is 15.9 Å². The second kappa shape index (κ2) is 5.75. The third-order valence-corrected chi connectivity index (χ3v) is 2.86. The van der Waals surface area contributed by atoms with Crippen LogP contribution in [0.1, 0.15) is 10.5 Å². The maximum absolute atomic E-state index is 13.1. The van der Waals surface area contributed by atoms with Crippen LogP contribution in [0.25, 0.3) is 0 Å². The molecule has 1 aromatic heterocycles. The van der Waals surface area contributed by atoms with E-state index in [0.717, 1.165) is 0 Å². The van der Waals surface area contributed by atoms with Crippen molar-refractivity contribution in [2.75, 3.05) is 7.05 Å². The van der Waals surface area contributed by atoms with E-state index in [1.54, 1.807) is 0 Å². The molecule has 1 heterocycles. The summed E-state index contributed by atoms with van der Waals surface area (Å²) in [5.74, 6) is -0.319. The molecule has 2 aromatic rings. The fourth-order valence-corrected chi connectivity index (χ4v) is 1.62. The molecule has 0 fully saturated rings. The fraction of sp³-hybridized carbons (Fsp3) is 0.0833. The van der Waals surface area contributed by atoms with Gasteiger partial charge in [0.2, 0.25) is 5.88 Å². The highest BCUT2D eigenvalue weighted by Crippen LogP contribution is 2.29. The maximum atomic E-state index is 13.1. The predicted octanol–water partition coefficient (Wildman–Crippen LogP) is 2.53. The van der Waals surface area contributed by atoms with Crippen LogP contribution in [0.5, 0.6) is 11.6 Å². The van der Waals surface area contributed by atoms with E-state index in [4.69, 9.17) is 4.74 Å². The Morgan fingerprint density at radius 2 is 2.11 bits per heavy atom. The molecule has 7 heteroatoms. The summed E-state index contributed by atoms with van der Waals surface area (Å²) in [5.41, 5.74) is 0.174. The van der Waals surface area contributed by atoms with Gasteiger partial charge >= 0.3 is 0 Å². The zero-order valence-electron chi connectivity index (χ0n) is 9.85. The number of nitrogens with one attached hydrogen (secondary N) is 1. The number of rotatable bonds is 3. The molecule has 0 aliphatic heterocycles. The second-order valence-electron chi connectivity index (χ2n) is 3.51. The highest BCUT2D eigenvalue weighted by molar-refractivity contribution is 9.10. The largest absolute Gasteiger partial charge is 0.436 e. The average molecular weight is 326 g/mol. The molecule has 0 aliphatic rings. The van der Waals surface area contributed by atoms with Crippen molar-refractivity contribution in [2.24, 2.45) is 0 Å². The number of halogens is 2. The molecule has 1 amide bonds. The fourth-order valence-electron chi connectivity index (χ4n) is 1.29. The average Bonchev–Trinajstić information content (AvgIpc) is 2.43. The number of nitrogens with zero attached hydrogens (tertiary/aromatic N) is 2. The number of carbonyl (C=O) groups is 1. The molecule has 1 N–H and O–H groups in total. The first-order valence-electron chi connectivity index (χ1n) is 5.29. The van der Waals surface area contributed by atoms with Crippen molar-refractivity contribution in [1.29, 1.82) is 0 Å². The second-order valence-corrected chi connectivity index (χ2v) is 4.37. The minimum Gasteiger partial charge on any atom is -0.436 e. The molecule has 19 heavy (non-hydrogen) atoms. The molecule has 0 unspecified atom stereocenters. The SMILES string of the molecule is CNC(=O)c1ccc(Oc2cc(F)ccc2Br)nn1. The van der Waals surface area contributed by atoms with Crippen molar-refractivity contribution in [1.82, 2.24) is 15.5 Å². The molecule has 2 rings (SSSR count). The number of hydrogen-bond acceptors (Lipinski definition) is 4. The summed E-state index contributed by atoms with van der Waals surface area (Å²) >= 11 is 3.23. The van der Waals surface area contributed by atoms with Gasteiger partial charge in [0.05, 0.1) is 4.47 Å². The van der Waals surface area contributed by atoms with E-state index in [2.05, 4.69) is 31.4 Å². The molecular weight excluding hydrogens is 317 g/mol. The summed E-state index contributed by atoms with van der Waals surface area (Å²) in [5, 5.41) is 9.87. The number of benzene rings is 1. The Hall–Kier alpha value is -2.02. The molecule has 0 atom stereocenters. The minimum absolute atomic E-state index is 0.166. The predicted molar refractivity (Wildman–Crippen MR) is 69.6 cm³/mol. The molecule has 0 saturated heterocycles. The van der Waals surface area contributed by atoms with E-state index in [1.165, 1.54) is 37.4 Å². The van der Waals surface area contributed by atoms with Gasteiger partial charge < -0.3 is 10.1 Å². The summed E-state index contributed by atoms with van der Waals surface area (Å²) < 4.78 is 19.0. The highest BCUT2D eigenvalue weighted by Gasteiger charge is 2.08. The maximum Gasteiger partial charge on any atom is 0.271 e. The van der Waals surface area contributed by atoms with Gasteiger partial charge in [-0.05, 0) is 34.1 Å². The van der Waals surface area contributed by atoms with Crippen molar-refractivity contribution in [3.63, 3.8) is 0 Å². The first-order chi connectivity index (χ1) is 9.10. The monoisotopic (exact) mass is 325 g/mol. The van der Waals surface area contributed by atoms with Gasteiger partial charge in [0, 0.05) is 19.2 Å². The van der Waals surface area contributed by atoms with Crippen molar-refractivity contribution in [3.05, 3.63) is 46.3 Å². The minimum atomic E-state index is -0.423. The highest BCUT2D eigenvalue weighted by atomic mass is 79.9. The number of carbonyl (C=O) groups excluding carboxylic acids is 1. The van der Waals surface area contributed by atoms with Gasteiger partial charge in [0.25, 0.3) is 5.91 Å².